The van der Waals surface area contributed by atoms with Crippen molar-refractivity contribution < 1.29 is 4.79 Å². The maximum absolute atomic E-state index is 12.4. The van der Waals surface area contributed by atoms with E-state index in [0.717, 1.165) is 15.6 Å². The van der Waals surface area contributed by atoms with Gasteiger partial charge in [-0.1, -0.05) is 22.0 Å². The predicted molar refractivity (Wildman–Crippen MR) is 77.9 cm³/mol. The van der Waals surface area contributed by atoms with Crippen molar-refractivity contribution in [3.8, 4) is 0 Å². The molecule has 2 N–H and O–H groups in total. The molecule has 0 atom stereocenters. The van der Waals surface area contributed by atoms with Gasteiger partial charge in [0.25, 0.3) is 0 Å². The van der Waals surface area contributed by atoms with E-state index >= 15 is 0 Å². The molecule has 92 valence electrons. The zero-order chi connectivity index (χ0) is 13.3. The number of aryl methyl sites for hydroxylation is 2. The van der Waals surface area contributed by atoms with Crippen LogP contribution in [0.5, 0.6) is 0 Å². The Morgan fingerprint density at radius 1 is 1.11 bits per heavy atom. The first-order valence-corrected chi connectivity index (χ1v) is 6.45. The van der Waals surface area contributed by atoms with Crippen LogP contribution in [-0.4, -0.2) is 5.78 Å². The summed E-state index contributed by atoms with van der Waals surface area (Å²) in [5.41, 5.74) is 9.83. The summed E-state index contributed by atoms with van der Waals surface area (Å²) in [5.74, 6) is 0.00461. The van der Waals surface area contributed by atoms with Gasteiger partial charge in [0.1, 0.15) is 0 Å². The zero-order valence-corrected chi connectivity index (χ0v) is 11.9. The van der Waals surface area contributed by atoms with Gasteiger partial charge < -0.3 is 5.73 Å². The highest BCUT2D eigenvalue weighted by molar-refractivity contribution is 9.10. The molecule has 2 aromatic rings. The minimum Gasteiger partial charge on any atom is -0.399 e. The molecule has 0 saturated carbocycles. The van der Waals surface area contributed by atoms with Gasteiger partial charge >= 0.3 is 0 Å². The molecule has 0 aliphatic rings. The van der Waals surface area contributed by atoms with Crippen LogP contribution in [0.3, 0.4) is 0 Å². The van der Waals surface area contributed by atoms with Crippen LogP contribution in [0, 0.1) is 13.8 Å². The molecule has 0 radical (unpaired) electrons. The second kappa shape index (κ2) is 4.94. The van der Waals surface area contributed by atoms with Crippen molar-refractivity contribution in [1.82, 2.24) is 0 Å². The molecule has 0 amide bonds. The van der Waals surface area contributed by atoms with Crippen molar-refractivity contribution in [2.24, 2.45) is 0 Å². The summed E-state index contributed by atoms with van der Waals surface area (Å²) < 4.78 is 0.821. The predicted octanol–water partition coefficient (Wildman–Crippen LogP) is 3.88. The van der Waals surface area contributed by atoms with E-state index in [-0.39, 0.29) is 5.78 Å². The van der Waals surface area contributed by atoms with Crippen LogP contribution in [-0.2, 0) is 0 Å². The Kier molecular flexibility index (Phi) is 3.53. The third-order valence-electron chi connectivity index (χ3n) is 2.90. The van der Waals surface area contributed by atoms with Gasteiger partial charge in [0, 0.05) is 21.3 Å². The summed E-state index contributed by atoms with van der Waals surface area (Å²) >= 11 is 3.43. The average Bonchev–Trinajstić information content (AvgIpc) is 2.32. The van der Waals surface area contributed by atoms with E-state index in [1.165, 1.54) is 0 Å². The lowest BCUT2D eigenvalue weighted by Crippen LogP contribution is -2.03. The lowest BCUT2D eigenvalue weighted by Gasteiger charge is -2.07. The highest BCUT2D eigenvalue weighted by Gasteiger charge is 2.13. The van der Waals surface area contributed by atoms with Gasteiger partial charge in [-0.25, -0.2) is 0 Å². The van der Waals surface area contributed by atoms with Gasteiger partial charge in [-0.2, -0.15) is 0 Å². The number of hydrogen-bond acceptors (Lipinski definition) is 2. The standard InChI is InChI=1S/C15H14BrNO/c1-9-3-5-12(13(16)7-9)15(18)11-4-6-14(17)10(2)8-11/h3-8H,17H2,1-2H3. The topological polar surface area (TPSA) is 43.1 Å². The van der Waals surface area contributed by atoms with Crippen LogP contribution >= 0.6 is 15.9 Å². The van der Waals surface area contributed by atoms with Gasteiger partial charge in [0.15, 0.2) is 5.78 Å². The molecule has 0 spiro atoms. The second-order valence-corrected chi connectivity index (χ2v) is 5.24. The van der Waals surface area contributed by atoms with Crippen LogP contribution in [0.4, 0.5) is 5.69 Å². The van der Waals surface area contributed by atoms with Gasteiger partial charge in [-0.15, -0.1) is 0 Å². The molecule has 0 unspecified atom stereocenters. The third kappa shape index (κ3) is 2.46. The van der Waals surface area contributed by atoms with Crippen molar-refractivity contribution in [3.63, 3.8) is 0 Å². The van der Waals surface area contributed by atoms with E-state index < -0.39 is 0 Å². The molecular formula is C15H14BrNO. The quantitative estimate of drug-likeness (QED) is 0.676. The molecule has 2 rings (SSSR count). The Hall–Kier alpha value is -1.61. The molecule has 0 saturated heterocycles. The number of ketones is 1. The fourth-order valence-electron chi connectivity index (χ4n) is 1.78. The Morgan fingerprint density at radius 3 is 2.44 bits per heavy atom. The van der Waals surface area contributed by atoms with Gasteiger partial charge in [0.2, 0.25) is 0 Å². The second-order valence-electron chi connectivity index (χ2n) is 4.38. The van der Waals surface area contributed by atoms with Crippen LogP contribution in [0.25, 0.3) is 0 Å². The molecule has 0 heterocycles. The van der Waals surface area contributed by atoms with Crippen molar-refractivity contribution >= 4 is 27.4 Å². The van der Waals surface area contributed by atoms with Crippen LogP contribution in [0.2, 0.25) is 0 Å². The van der Waals surface area contributed by atoms with E-state index in [1.807, 2.05) is 38.1 Å². The summed E-state index contributed by atoms with van der Waals surface area (Å²) in [4.78, 5) is 12.4. The summed E-state index contributed by atoms with van der Waals surface area (Å²) in [6.07, 6.45) is 0. The lowest BCUT2D eigenvalue weighted by atomic mass is 10.00. The molecule has 0 aliphatic heterocycles. The first-order valence-electron chi connectivity index (χ1n) is 5.66. The van der Waals surface area contributed by atoms with E-state index in [4.69, 9.17) is 5.73 Å². The van der Waals surface area contributed by atoms with Gasteiger partial charge in [-0.3, -0.25) is 4.79 Å². The number of rotatable bonds is 2. The van der Waals surface area contributed by atoms with Gasteiger partial charge in [-0.05, 0) is 55.3 Å². The highest BCUT2D eigenvalue weighted by Crippen LogP contribution is 2.23. The number of carbonyl (C=O) groups is 1. The summed E-state index contributed by atoms with van der Waals surface area (Å²) in [6.45, 7) is 3.89. The van der Waals surface area contributed by atoms with Crippen LogP contribution in [0.1, 0.15) is 27.0 Å². The Morgan fingerprint density at radius 2 is 1.83 bits per heavy atom. The molecule has 0 bridgehead atoms. The fourth-order valence-corrected chi connectivity index (χ4v) is 2.45. The zero-order valence-electron chi connectivity index (χ0n) is 10.3. The van der Waals surface area contributed by atoms with Gasteiger partial charge in [0.05, 0.1) is 0 Å². The molecule has 2 nitrogen and oxygen atoms in total. The maximum atomic E-state index is 12.4. The van der Waals surface area contributed by atoms with E-state index in [9.17, 15) is 4.79 Å². The van der Waals surface area contributed by atoms with Crippen molar-refractivity contribution in [2.45, 2.75) is 13.8 Å². The third-order valence-corrected chi connectivity index (χ3v) is 3.56. The van der Waals surface area contributed by atoms with Crippen molar-refractivity contribution in [2.75, 3.05) is 5.73 Å². The summed E-state index contributed by atoms with van der Waals surface area (Å²) in [6, 6.07) is 11.1. The summed E-state index contributed by atoms with van der Waals surface area (Å²) in [7, 11) is 0. The molecule has 0 aromatic heterocycles. The lowest BCUT2D eigenvalue weighted by molar-refractivity contribution is 0.103. The number of halogens is 1. The Labute approximate surface area is 115 Å². The molecule has 3 heteroatoms. The minimum atomic E-state index is 0.00461. The molecule has 0 fully saturated rings. The maximum Gasteiger partial charge on any atom is 0.194 e. The Bertz CT molecular complexity index is 620. The SMILES string of the molecule is Cc1ccc(C(=O)c2ccc(N)c(C)c2)c(Br)c1. The number of hydrogen-bond donors (Lipinski definition) is 1. The minimum absolute atomic E-state index is 0.00461. The number of carbonyl (C=O) groups excluding carboxylic acids is 1. The molecule has 18 heavy (non-hydrogen) atoms. The van der Waals surface area contributed by atoms with Crippen LogP contribution in [0.15, 0.2) is 40.9 Å². The number of anilines is 1. The fraction of sp³-hybridized carbons (Fsp3) is 0.133. The van der Waals surface area contributed by atoms with Crippen molar-refractivity contribution in [3.05, 3.63) is 63.1 Å². The van der Waals surface area contributed by atoms with E-state index in [2.05, 4.69) is 15.9 Å². The number of benzene rings is 2. The van der Waals surface area contributed by atoms with Crippen molar-refractivity contribution in [1.29, 1.82) is 0 Å². The smallest absolute Gasteiger partial charge is 0.194 e. The molecule has 0 aliphatic carbocycles. The monoisotopic (exact) mass is 303 g/mol. The van der Waals surface area contributed by atoms with Crippen LogP contribution < -0.4 is 5.73 Å². The normalized spacial score (nSPS) is 10.4. The molecule has 2 aromatic carbocycles. The van der Waals surface area contributed by atoms with E-state index in [1.54, 1.807) is 12.1 Å². The summed E-state index contributed by atoms with van der Waals surface area (Å²) in [5, 5.41) is 0. The first kappa shape index (κ1) is 12.8. The Balaban J connectivity index is 2.44. The van der Waals surface area contributed by atoms with E-state index in [0.29, 0.717) is 16.8 Å². The first-order chi connectivity index (χ1) is 8.49. The average molecular weight is 304 g/mol. The largest absolute Gasteiger partial charge is 0.399 e. The number of nitrogen functional groups attached to an aromatic ring is 1. The molecular weight excluding hydrogens is 290 g/mol. The number of nitrogens with two attached hydrogens (primary N) is 1. The highest BCUT2D eigenvalue weighted by atomic mass is 79.9.